The predicted octanol–water partition coefficient (Wildman–Crippen LogP) is 1.04. The van der Waals surface area contributed by atoms with Crippen LogP contribution < -0.4 is 4.74 Å². The summed E-state index contributed by atoms with van der Waals surface area (Å²) in [4.78, 5) is 11.4. The van der Waals surface area contributed by atoms with Gasteiger partial charge in [-0.3, -0.25) is 0 Å². The lowest BCUT2D eigenvalue weighted by molar-refractivity contribution is -0.155. The summed E-state index contributed by atoms with van der Waals surface area (Å²) in [6, 6.07) is 7.04. The van der Waals surface area contributed by atoms with Crippen molar-refractivity contribution in [2.45, 2.75) is 19.1 Å². The van der Waals surface area contributed by atoms with E-state index in [1.165, 1.54) is 0 Å². The molecule has 80 valence electrons. The molecular weight excluding hydrogens is 196 g/mol. The average Bonchev–Trinajstić information content (AvgIpc) is 2.57. The van der Waals surface area contributed by atoms with Gasteiger partial charge in [0.15, 0.2) is 0 Å². The molecule has 2 rings (SSSR count). The van der Waals surface area contributed by atoms with Crippen molar-refractivity contribution in [2.24, 2.45) is 0 Å². The first kappa shape index (κ1) is 9.98. The molecule has 2 atom stereocenters. The standard InChI is InChI=1S/C11H12O4/c1-2-14-11(13)10-9(12)7-5-3-4-6-8(7)15-10/h3-6,9-10,12H,2H2,1H3/t9-,10+/m1/s1. The molecule has 1 N–H and O–H groups in total. The molecule has 1 aromatic carbocycles. The number of esters is 1. The summed E-state index contributed by atoms with van der Waals surface area (Å²) < 4.78 is 10.1. The lowest BCUT2D eigenvalue weighted by Crippen LogP contribution is -2.30. The molecule has 1 aliphatic heterocycles. The molecular formula is C11H12O4. The fourth-order valence-electron chi connectivity index (χ4n) is 1.60. The Morgan fingerprint density at radius 1 is 1.53 bits per heavy atom. The molecule has 0 spiro atoms. The highest BCUT2D eigenvalue weighted by Gasteiger charge is 2.38. The minimum Gasteiger partial charge on any atom is -0.475 e. The monoisotopic (exact) mass is 208 g/mol. The fraction of sp³-hybridized carbons (Fsp3) is 0.364. The van der Waals surface area contributed by atoms with Crippen molar-refractivity contribution >= 4 is 5.97 Å². The summed E-state index contributed by atoms with van der Waals surface area (Å²) in [5, 5.41) is 9.81. The van der Waals surface area contributed by atoms with Crippen molar-refractivity contribution in [1.29, 1.82) is 0 Å². The Balaban J connectivity index is 2.19. The normalized spacial score (nSPS) is 23.1. The van der Waals surface area contributed by atoms with Crippen LogP contribution in [0.1, 0.15) is 18.6 Å². The van der Waals surface area contributed by atoms with Gasteiger partial charge in [-0.2, -0.15) is 0 Å². The van der Waals surface area contributed by atoms with E-state index >= 15 is 0 Å². The van der Waals surface area contributed by atoms with Crippen molar-refractivity contribution in [3.63, 3.8) is 0 Å². The average molecular weight is 208 g/mol. The fourth-order valence-corrected chi connectivity index (χ4v) is 1.60. The maximum Gasteiger partial charge on any atom is 0.350 e. The number of carbonyl (C=O) groups is 1. The first-order chi connectivity index (χ1) is 7.24. The summed E-state index contributed by atoms with van der Waals surface area (Å²) in [6.45, 7) is 1.99. The highest BCUT2D eigenvalue weighted by atomic mass is 16.6. The molecule has 0 saturated heterocycles. The summed E-state index contributed by atoms with van der Waals surface area (Å²) >= 11 is 0. The number of carbonyl (C=O) groups excluding carboxylic acids is 1. The van der Waals surface area contributed by atoms with E-state index in [9.17, 15) is 9.90 Å². The van der Waals surface area contributed by atoms with Crippen LogP contribution in [0.3, 0.4) is 0 Å². The minimum atomic E-state index is -0.930. The van der Waals surface area contributed by atoms with Crippen LogP contribution in [0.2, 0.25) is 0 Å². The molecule has 0 aromatic heterocycles. The molecule has 0 radical (unpaired) electrons. The first-order valence-electron chi connectivity index (χ1n) is 4.84. The van der Waals surface area contributed by atoms with Gasteiger partial charge in [0.25, 0.3) is 0 Å². The number of rotatable bonds is 2. The Morgan fingerprint density at radius 2 is 2.27 bits per heavy atom. The third-order valence-electron chi connectivity index (χ3n) is 2.30. The first-order valence-corrected chi connectivity index (χ1v) is 4.84. The van der Waals surface area contributed by atoms with Gasteiger partial charge in [0.1, 0.15) is 11.9 Å². The zero-order valence-electron chi connectivity index (χ0n) is 8.34. The number of aliphatic hydroxyl groups is 1. The molecule has 1 heterocycles. The van der Waals surface area contributed by atoms with Gasteiger partial charge in [-0.1, -0.05) is 18.2 Å². The summed E-state index contributed by atoms with van der Waals surface area (Å²) in [7, 11) is 0. The van der Waals surface area contributed by atoms with Gasteiger partial charge >= 0.3 is 5.97 Å². The molecule has 1 aliphatic rings. The van der Waals surface area contributed by atoms with Gasteiger partial charge in [0, 0.05) is 5.56 Å². The second-order valence-electron chi connectivity index (χ2n) is 3.27. The van der Waals surface area contributed by atoms with Crippen molar-refractivity contribution in [1.82, 2.24) is 0 Å². The number of ether oxygens (including phenoxy) is 2. The molecule has 15 heavy (non-hydrogen) atoms. The SMILES string of the molecule is CCOC(=O)[C@H]1Oc2ccccc2[C@H]1O. The lowest BCUT2D eigenvalue weighted by Gasteiger charge is -2.12. The quantitative estimate of drug-likeness (QED) is 0.738. The zero-order valence-corrected chi connectivity index (χ0v) is 8.34. The second kappa shape index (κ2) is 3.90. The van der Waals surface area contributed by atoms with E-state index in [1.807, 2.05) is 0 Å². The highest BCUT2D eigenvalue weighted by molar-refractivity contribution is 5.77. The number of hydrogen-bond donors (Lipinski definition) is 1. The van der Waals surface area contributed by atoms with Gasteiger partial charge in [-0.15, -0.1) is 0 Å². The van der Waals surface area contributed by atoms with Crippen molar-refractivity contribution in [3.05, 3.63) is 29.8 Å². The maximum atomic E-state index is 11.4. The second-order valence-corrected chi connectivity index (χ2v) is 3.27. The molecule has 4 heteroatoms. The maximum absolute atomic E-state index is 11.4. The van der Waals surface area contributed by atoms with Gasteiger partial charge in [0.05, 0.1) is 6.61 Å². The molecule has 0 unspecified atom stereocenters. The molecule has 0 fully saturated rings. The van der Waals surface area contributed by atoms with E-state index in [2.05, 4.69) is 0 Å². The Hall–Kier alpha value is -1.55. The third-order valence-corrected chi connectivity index (χ3v) is 2.30. The number of benzene rings is 1. The molecule has 0 aliphatic carbocycles. The predicted molar refractivity (Wildman–Crippen MR) is 52.5 cm³/mol. The zero-order chi connectivity index (χ0) is 10.8. The van der Waals surface area contributed by atoms with Gasteiger partial charge in [-0.05, 0) is 13.0 Å². The largest absolute Gasteiger partial charge is 0.475 e. The van der Waals surface area contributed by atoms with Crippen LogP contribution in [0.15, 0.2) is 24.3 Å². The smallest absolute Gasteiger partial charge is 0.350 e. The topological polar surface area (TPSA) is 55.8 Å². The van der Waals surface area contributed by atoms with Crippen molar-refractivity contribution < 1.29 is 19.4 Å². The van der Waals surface area contributed by atoms with E-state index in [1.54, 1.807) is 31.2 Å². The summed E-state index contributed by atoms with van der Waals surface area (Å²) in [5.41, 5.74) is 0.635. The van der Waals surface area contributed by atoms with E-state index < -0.39 is 18.2 Å². The van der Waals surface area contributed by atoms with Crippen LogP contribution in [-0.4, -0.2) is 23.8 Å². The molecule has 0 saturated carbocycles. The molecule has 0 bridgehead atoms. The van der Waals surface area contributed by atoms with Gasteiger partial charge < -0.3 is 14.6 Å². The Bertz CT molecular complexity index is 375. The Kier molecular flexibility index (Phi) is 2.60. The third kappa shape index (κ3) is 1.68. The number of hydrogen-bond acceptors (Lipinski definition) is 4. The number of fused-ring (bicyclic) bond motifs is 1. The molecule has 0 amide bonds. The van der Waals surface area contributed by atoms with Crippen LogP contribution in [0.5, 0.6) is 5.75 Å². The molecule has 1 aromatic rings. The molecule has 4 nitrogen and oxygen atoms in total. The van der Waals surface area contributed by atoms with Crippen LogP contribution in [0.25, 0.3) is 0 Å². The van der Waals surface area contributed by atoms with Crippen LogP contribution in [-0.2, 0) is 9.53 Å². The Labute approximate surface area is 87.4 Å². The summed E-state index contributed by atoms with van der Waals surface area (Å²) in [6.07, 6.45) is -1.86. The van der Waals surface area contributed by atoms with Crippen LogP contribution in [0, 0.1) is 0 Å². The summed E-state index contributed by atoms with van der Waals surface area (Å²) in [5.74, 6) is 0.0178. The van der Waals surface area contributed by atoms with E-state index in [-0.39, 0.29) is 6.61 Å². The van der Waals surface area contributed by atoms with E-state index in [4.69, 9.17) is 9.47 Å². The van der Waals surface area contributed by atoms with Crippen LogP contribution in [0.4, 0.5) is 0 Å². The van der Waals surface area contributed by atoms with E-state index in [0.29, 0.717) is 11.3 Å². The highest BCUT2D eigenvalue weighted by Crippen LogP contribution is 2.36. The minimum absolute atomic E-state index is 0.280. The van der Waals surface area contributed by atoms with Gasteiger partial charge in [-0.25, -0.2) is 4.79 Å². The Morgan fingerprint density at radius 3 is 2.93 bits per heavy atom. The van der Waals surface area contributed by atoms with Crippen molar-refractivity contribution in [2.75, 3.05) is 6.61 Å². The number of aliphatic hydroxyl groups excluding tert-OH is 1. The van der Waals surface area contributed by atoms with Crippen LogP contribution >= 0.6 is 0 Å². The van der Waals surface area contributed by atoms with Gasteiger partial charge in [0.2, 0.25) is 6.10 Å². The number of para-hydroxylation sites is 1. The van der Waals surface area contributed by atoms with Crippen molar-refractivity contribution in [3.8, 4) is 5.75 Å². The lowest BCUT2D eigenvalue weighted by atomic mass is 10.1. The van der Waals surface area contributed by atoms with E-state index in [0.717, 1.165) is 0 Å².